The zero-order valence-electron chi connectivity index (χ0n) is 19.6. The Hall–Kier alpha value is -2.53. The van der Waals surface area contributed by atoms with Gasteiger partial charge >= 0.3 is 6.03 Å². The van der Waals surface area contributed by atoms with E-state index in [1.165, 1.54) is 0 Å². The zero-order chi connectivity index (χ0) is 23.5. The molecule has 0 aromatic heterocycles. The number of hydrogen-bond donors (Lipinski definition) is 1. The first-order chi connectivity index (χ1) is 15.4. The van der Waals surface area contributed by atoms with Crippen LogP contribution in [0, 0.1) is 0 Å². The van der Waals surface area contributed by atoms with Crippen molar-refractivity contribution in [3.63, 3.8) is 0 Å². The Morgan fingerprint density at radius 1 is 1.25 bits per heavy atom. The van der Waals surface area contributed by atoms with Crippen molar-refractivity contribution in [2.24, 2.45) is 0 Å². The van der Waals surface area contributed by atoms with Gasteiger partial charge in [-0.05, 0) is 54.5 Å². The van der Waals surface area contributed by atoms with Gasteiger partial charge in [0.2, 0.25) is 5.91 Å². The molecule has 0 aliphatic carbocycles. The molecule has 1 aliphatic heterocycles. The first-order valence-electron chi connectivity index (χ1n) is 11.5. The largest absolute Gasteiger partial charge is 0.340 e. The fourth-order valence-electron chi connectivity index (χ4n) is 3.94. The third kappa shape index (κ3) is 7.27. The van der Waals surface area contributed by atoms with Gasteiger partial charge in [0, 0.05) is 31.7 Å². The highest BCUT2D eigenvalue weighted by Gasteiger charge is 2.35. The van der Waals surface area contributed by atoms with E-state index in [0.29, 0.717) is 31.1 Å². The predicted molar refractivity (Wildman–Crippen MR) is 133 cm³/mol. The lowest BCUT2D eigenvalue weighted by Gasteiger charge is -2.28. The maximum atomic E-state index is 13.1. The van der Waals surface area contributed by atoms with Gasteiger partial charge in [0.15, 0.2) is 0 Å². The van der Waals surface area contributed by atoms with E-state index in [0.717, 1.165) is 42.4 Å². The number of allylic oxidation sites excluding steroid dienone is 3. The summed E-state index contributed by atoms with van der Waals surface area (Å²) in [6.45, 7) is 9.64. The third-order valence-corrected chi connectivity index (χ3v) is 5.92. The van der Waals surface area contributed by atoms with Crippen molar-refractivity contribution >= 4 is 23.5 Å². The fourth-order valence-corrected chi connectivity index (χ4v) is 4.06. The lowest BCUT2D eigenvalue weighted by molar-refractivity contribution is -0.134. The second kappa shape index (κ2) is 13.1. The highest BCUT2D eigenvalue weighted by molar-refractivity contribution is 6.30. The minimum absolute atomic E-state index is 0.0352. The Morgan fingerprint density at radius 3 is 2.59 bits per heavy atom. The summed E-state index contributed by atoms with van der Waals surface area (Å²) in [6, 6.07) is 6.84. The average Bonchev–Trinajstić information content (AvgIpc) is 3.28. The van der Waals surface area contributed by atoms with Crippen LogP contribution in [0.5, 0.6) is 0 Å². The molecule has 0 saturated carbocycles. The van der Waals surface area contributed by atoms with E-state index in [-0.39, 0.29) is 11.9 Å². The van der Waals surface area contributed by atoms with Crippen LogP contribution in [0.15, 0.2) is 60.2 Å². The van der Waals surface area contributed by atoms with E-state index in [1.54, 1.807) is 16.8 Å². The van der Waals surface area contributed by atoms with E-state index >= 15 is 0 Å². The molecule has 1 aromatic carbocycles. The molecule has 6 heteroatoms. The standard InChI is InChI=1S/C26H36ClN3O2/c1-5-8-11-22(21(7-3)10-6-2)18-28-26(32)30-17-9-12-24(30)25(31)29(4)19-20-13-15-23(27)16-14-20/h7-8,11,13-16,24H,3,5-6,9-10,12,17-19H2,1-2,4H3,(H,28,32)/b11-8-,22-21-/t24-/m1/s1. The molecule has 0 spiro atoms. The van der Waals surface area contributed by atoms with Gasteiger partial charge in [0.1, 0.15) is 6.04 Å². The topological polar surface area (TPSA) is 52.7 Å². The van der Waals surface area contributed by atoms with Gasteiger partial charge in [-0.1, -0.05) is 68.8 Å². The van der Waals surface area contributed by atoms with Crippen molar-refractivity contribution in [1.29, 1.82) is 0 Å². The molecule has 3 amide bonds. The highest BCUT2D eigenvalue weighted by Crippen LogP contribution is 2.21. The second-order valence-electron chi connectivity index (χ2n) is 8.15. The number of rotatable bonds is 10. The van der Waals surface area contributed by atoms with E-state index in [1.807, 2.05) is 30.3 Å². The van der Waals surface area contributed by atoms with Crippen LogP contribution in [0.2, 0.25) is 5.02 Å². The quantitative estimate of drug-likeness (QED) is 0.456. The maximum Gasteiger partial charge on any atom is 0.318 e. The molecule has 32 heavy (non-hydrogen) atoms. The molecular formula is C26H36ClN3O2. The molecule has 1 atom stereocenters. The number of carbonyl (C=O) groups is 2. The van der Waals surface area contributed by atoms with Crippen LogP contribution in [0.1, 0.15) is 51.5 Å². The molecule has 1 N–H and O–H groups in total. The third-order valence-electron chi connectivity index (χ3n) is 5.67. The number of benzene rings is 1. The van der Waals surface area contributed by atoms with E-state index in [9.17, 15) is 9.59 Å². The second-order valence-corrected chi connectivity index (χ2v) is 8.58. The van der Waals surface area contributed by atoms with Gasteiger partial charge in [0.25, 0.3) is 0 Å². The summed E-state index contributed by atoms with van der Waals surface area (Å²) in [5, 5.41) is 3.70. The van der Waals surface area contributed by atoms with Crippen LogP contribution in [-0.4, -0.2) is 47.9 Å². The Kier molecular flexibility index (Phi) is 10.5. The van der Waals surface area contributed by atoms with Crippen molar-refractivity contribution < 1.29 is 9.59 Å². The lowest BCUT2D eigenvalue weighted by atomic mass is 10.0. The molecule has 1 fully saturated rings. The molecule has 5 nitrogen and oxygen atoms in total. The summed E-state index contributed by atoms with van der Waals surface area (Å²) in [4.78, 5) is 29.4. The van der Waals surface area contributed by atoms with Gasteiger partial charge in [-0.15, -0.1) is 0 Å². The molecule has 1 aromatic rings. The monoisotopic (exact) mass is 457 g/mol. The number of urea groups is 1. The number of likely N-dealkylation sites (N-methyl/N-ethyl adjacent to an activating group) is 1. The number of amides is 3. The van der Waals surface area contributed by atoms with Gasteiger partial charge < -0.3 is 15.1 Å². The van der Waals surface area contributed by atoms with E-state index < -0.39 is 6.04 Å². The highest BCUT2D eigenvalue weighted by atomic mass is 35.5. The molecule has 174 valence electrons. The van der Waals surface area contributed by atoms with Gasteiger partial charge in [0.05, 0.1) is 0 Å². The molecule has 0 bridgehead atoms. The SMILES string of the molecule is C=C/C(CCC)=C(\C=C/CC)CNC(=O)N1CCC[C@@H]1C(=O)N(C)Cc1ccc(Cl)cc1. The first-order valence-corrected chi connectivity index (χ1v) is 11.8. The van der Waals surface area contributed by atoms with E-state index in [4.69, 9.17) is 11.6 Å². The van der Waals surface area contributed by atoms with Crippen molar-refractivity contribution in [2.75, 3.05) is 20.1 Å². The number of halogens is 1. The van der Waals surface area contributed by atoms with Crippen LogP contribution in [0.3, 0.4) is 0 Å². The van der Waals surface area contributed by atoms with Crippen molar-refractivity contribution in [2.45, 2.75) is 58.5 Å². The fraction of sp³-hybridized carbons (Fsp3) is 0.462. The summed E-state index contributed by atoms with van der Waals surface area (Å²) in [5.74, 6) is -0.0352. The molecular weight excluding hydrogens is 422 g/mol. The number of nitrogens with one attached hydrogen (secondary N) is 1. The molecule has 0 radical (unpaired) electrons. The number of hydrogen-bond acceptors (Lipinski definition) is 2. The summed E-state index contributed by atoms with van der Waals surface area (Å²) < 4.78 is 0. The van der Waals surface area contributed by atoms with Crippen LogP contribution < -0.4 is 5.32 Å². The Morgan fingerprint density at radius 2 is 1.97 bits per heavy atom. The zero-order valence-corrected chi connectivity index (χ0v) is 20.3. The predicted octanol–water partition coefficient (Wildman–Crippen LogP) is 5.72. The molecule has 0 unspecified atom stereocenters. The van der Waals surface area contributed by atoms with Crippen LogP contribution in [0.25, 0.3) is 0 Å². The molecule has 1 aliphatic rings. The van der Waals surface area contributed by atoms with Crippen LogP contribution >= 0.6 is 11.6 Å². The Bertz CT molecular complexity index is 845. The summed E-state index contributed by atoms with van der Waals surface area (Å²) in [6.07, 6.45) is 10.4. The Labute approximate surface area is 197 Å². The van der Waals surface area contributed by atoms with Crippen LogP contribution in [-0.2, 0) is 11.3 Å². The average molecular weight is 458 g/mol. The lowest BCUT2D eigenvalue weighted by Crippen LogP contribution is -2.50. The Balaban J connectivity index is 2.03. The summed E-state index contributed by atoms with van der Waals surface area (Å²) in [7, 11) is 1.78. The van der Waals surface area contributed by atoms with Crippen molar-refractivity contribution in [1.82, 2.24) is 15.1 Å². The molecule has 1 saturated heterocycles. The van der Waals surface area contributed by atoms with Crippen LogP contribution in [0.4, 0.5) is 4.79 Å². The minimum Gasteiger partial charge on any atom is -0.340 e. The normalized spacial score (nSPS) is 16.8. The van der Waals surface area contributed by atoms with E-state index in [2.05, 4.69) is 37.9 Å². The number of carbonyl (C=O) groups excluding carboxylic acids is 2. The summed E-state index contributed by atoms with van der Waals surface area (Å²) >= 11 is 5.95. The molecule has 1 heterocycles. The van der Waals surface area contributed by atoms with Crippen molar-refractivity contribution in [3.8, 4) is 0 Å². The van der Waals surface area contributed by atoms with Gasteiger partial charge in [-0.2, -0.15) is 0 Å². The van der Waals surface area contributed by atoms with Crippen molar-refractivity contribution in [3.05, 3.63) is 70.8 Å². The first kappa shape index (κ1) is 25.7. The van der Waals surface area contributed by atoms with Gasteiger partial charge in [-0.3, -0.25) is 4.79 Å². The minimum atomic E-state index is -0.430. The molecule has 2 rings (SSSR count). The number of nitrogens with zero attached hydrogens (tertiary/aromatic N) is 2. The number of likely N-dealkylation sites (tertiary alicyclic amines) is 1. The summed E-state index contributed by atoms with van der Waals surface area (Å²) in [5.41, 5.74) is 3.22. The maximum absolute atomic E-state index is 13.1. The van der Waals surface area contributed by atoms with Gasteiger partial charge in [-0.25, -0.2) is 4.79 Å². The smallest absolute Gasteiger partial charge is 0.318 e.